The molecular formula is C20H15FN4OS. The van der Waals surface area contributed by atoms with Gasteiger partial charge in [-0.1, -0.05) is 18.2 Å². The standard InChI is InChI=1S/C20H15FN4OS/c21-15-6-4-14(5-7-15)17-10-8-16(27-17)9-11-20(26)22-13-19-24-23-18-3-1-2-12-25(18)19/h1-12H,13H2,(H,22,26)/b11-9+. The van der Waals surface area contributed by atoms with Crippen LogP contribution >= 0.6 is 11.3 Å². The Morgan fingerprint density at radius 3 is 2.81 bits per heavy atom. The molecule has 0 atom stereocenters. The number of hydrogen-bond acceptors (Lipinski definition) is 4. The molecule has 4 rings (SSSR count). The first kappa shape index (κ1) is 17.1. The van der Waals surface area contributed by atoms with Crippen molar-refractivity contribution in [1.29, 1.82) is 0 Å². The maximum Gasteiger partial charge on any atom is 0.244 e. The Hall–Kier alpha value is -3.32. The highest BCUT2D eigenvalue weighted by atomic mass is 32.1. The number of nitrogens with one attached hydrogen (secondary N) is 1. The predicted molar refractivity (Wildman–Crippen MR) is 104 cm³/mol. The predicted octanol–water partition coefficient (Wildman–Crippen LogP) is 3.93. The summed E-state index contributed by atoms with van der Waals surface area (Å²) in [6.45, 7) is 0.291. The van der Waals surface area contributed by atoms with Crippen LogP contribution in [0.5, 0.6) is 0 Å². The third kappa shape index (κ3) is 3.93. The van der Waals surface area contributed by atoms with Gasteiger partial charge in [0.15, 0.2) is 11.5 Å². The van der Waals surface area contributed by atoms with Crippen molar-refractivity contribution in [3.05, 3.63) is 83.4 Å². The third-order valence-electron chi connectivity index (χ3n) is 3.96. The number of carbonyl (C=O) groups excluding carboxylic acids is 1. The van der Waals surface area contributed by atoms with E-state index in [9.17, 15) is 9.18 Å². The van der Waals surface area contributed by atoms with Gasteiger partial charge in [0.05, 0.1) is 6.54 Å². The third-order valence-corrected chi connectivity index (χ3v) is 5.06. The molecule has 27 heavy (non-hydrogen) atoms. The van der Waals surface area contributed by atoms with E-state index >= 15 is 0 Å². The average Bonchev–Trinajstić information content (AvgIpc) is 3.32. The Balaban J connectivity index is 1.38. The number of pyridine rings is 1. The first-order chi connectivity index (χ1) is 13.2. The van der Waals surface area contributed by atoms with Gasteiger partial charge in [-0.15, -0.1) is 21.5 Å². The largest absolute Gasteiger partial charge is 0.345 e. The lowest BCUT2D eigenvalue weighted by Crippen LogP contribution is -2.21. The molecule has 1 aromatic carbocycles. The van der Waals surface area contributed by atoms with Gasteiger partial charge in [0.1, 0.15) is 5.82 Å². The smallest absolute Gasteiger partial charge is 0.244 e. The molecule has 4 aromatic rings. The van der Waals surface area contributed by atoms with Crippen LogP contribution in [0.15, 0.2) is 66.9 Å². The SMILES string of the molecule is O=C(/C=C/c1ccc(-c2ccc(F)cc2)s1)NCc1nnc2ccccn12. The molecule has 5 nitrogen and oxygen atoms in total. The normalized spacial score (nSPS) is 11.3. The fraction of sp³-hybridized carbons (Fsp3) is 0.0500. The van der Waals surface area contributed by atoms with Crippen LogP contribution in [0.3, 0.4) is 0 Å². The van der Waals surface area contributed by atoms with Crippen LogP contribution in [0.25, 0.3) is 22.2 Å². The Labute approximate surface area is 158 Å². The molecule has 0 fully saturated rings. The molecule has 0 bridgehead atoms. The number of halogens is 1. The monoisotopic (exact) mass is 378 g/mol. The minimum absolute atomic E-state index is 0.209. The van der Waals surface area contributed by atoms with E-state index in [1.165, 1.54) is 29.5 Å². The first-order valence-corrected chi connectivity index (χ1v) is 9.11. The molecule has 1 amide bonds. The van der Waals surface area contributed by atoms with Gasteiger partial charge in [-0.25, -0.2) is 4.39 Å². The van der Waals surface area contributed by atoms with E-state index in [1.807, 2.05) is 40.9 Å². The summed E-state index contributed by atoms with van der Waals surface area (Å²) < 4.78 is 14.8. The number of thiophene rings is 1. The molecule has 0 saturated heterocycles. The second-order valence-corrected chi connectivity index (χ2v) is 6.92. The number of hydrogen-bond donors (Lipinski definition) is 1. The summed E-state index contributed by atoms with van der Waals surface area (Å²) in [7, 11) is 0. The minimum atomic E-state index is -0.257. The molecule has 0 spiro atoms. The number of amides is 1. The van der Waals surface area contributed by atoms with E-state index < -0.39 is 0 Å². The number of aromatic nitrogens is 3. The molecule has 1 N–H and O–H groups in total. The topological polar surface area (TPSA) is 59.3 Å². The number of rotatable bonds is 5. The zero-order valence-electron chi connectivity index (χ0n) is 14.2. The van der Waals surface area contributed by atoms with Crippen LogP contribution in [0.4, 0.5) is 4.39 Å². The highest BCUT2D eigenvalue weighted by Crippen LogP contribution is 2.28. The zero-order valence-corrected chi connectivity index (χ0v) is 15.0. The van der Waals surface area contributed by atoms with E-state index in [-0.39, 0.29) is 11.7 Å². The molecule has 7 heteroatoms. The summed E-state index contributed by atoms with van der Waals surface area (Å²) in [6.07, 6.45) is 5.10. The summed E-state index contributed by atoms with van der Waals surface area (Å²) in [5.41, 5.74) is 1.69. The second kappa shape index (κ2) is 7.51. The highest BCUT2D eigenvalue weighted by Gasteiger charge is 2.06. The van der Waals surface area contributed by atoms with Crippen molar-refractivity contribution in [3.63, 3.8) is 0 Å². The van der Waals surface area contributed by atoms with Gasteiger partial charge in [-0.3, -0.25) is 9.20 Å². The molecule has 3 heterocycles. The average molecular weight is 378 g/mol. The minimum Gasteiger partial charge on any atom is -0.345 e. The zero-order chi connectivity index (χ0) is 18.6. The first-order valence-electron chi connectivity index (χ1n) is 8.29. The molecule has 0 unspecified atom stereocenters. The van der Waals surface area contributed by atoms with Crippen LogP contribution in [0, 0.1) is 5.82 Å². The van der Waals surface area contributed by atoms with Crippen molar-refractivity contribution in [2.24, 2.45) is 0 Å². The lowest BCUT2D eigenvalue weighted by atomic mass is 10.2. The highest BCUT2D eigenvalue weighted by molar-refractivity contribution is 7.16. The Morgan fingerprint density at radius 2 is 1.96 bits per heavy atom. The molecule has 134 valence electrons. The molecule has 0 aliphatic rings. The fourth-order valence-corrected chi connectivity index (χ4v) is 3.52. The fourth-order valence-electron chi connectivity index (χ4n) is 2.61. The Kier molecular flexibility index (Phi) is 4.76. The lowest BCUT2D eigenvalue weighted by molar-refractivity contribution is -0.116. The van der Waals surface area contributed by atoms with E-state index in [1.54, 1.807) is 18.2 Å². The maximum atomic E-state index is 13.0. The molecule has 0 aliphatic heterocycles. The van der Waals surface area contributed by atoms with Gasteiger partial charge in [-0.2, -0.15) is 0 Å². The quantitative estimate of drug-likeness (QED) is 0.536. The van der Waals surface area contributed by atoms with Crippen LogP contribution in [-0.4, -0.2) is 20.5 Å². The van der Waals surface area contributed by atoms with Crippen LogP contribution in [0.1, 0.15) is 10.7 Å². The van der Waals surface area contributed by atoms with E-state index in [0.717, 1.165) is 21.0 Å². The molecule has 0 aliphatic carbocycles. The number of fused-ring (bicyclic) bond motifs is 1. The van der Waals surface area contributed by atoms with Crippen molar-refractivity contribution in [2.75, 3.05) is 0 Å². The maximum absolute atomic E-state index is 13.0. The number of benzene rings is 1. The van der Waals surface area contributed by atoms with Crippen molar-refractivity contribution < 1.29 is 9.18 Å². The van der Waals surface area contributed by atoms with Crippen molar-refractivity contribution in [1.82, 2.24) is 19.9 Å². The van der Waals surface area contributed by atoms with Crippen LogP contribution in [0.2, 0.25) is 0 Å². The number of carbonyl (C=O) groups is 1. The van der Waals surface area contributed by atoms with Gasteiger partial charge in [-0.05, 0) is 48.0 Å². The van der Waals surface area contributed by atoms with Gasteiger partial charge >= 0.3 is 0 Å². The van der Waals surface area contributed by atoms with Crippen LogP contribution in [-0.2, 0) is 11.3 Å². The Morgan fingerprint density at radius 1 is 1.11 bits per heavy atom. The summed E-state index contributed by atoms with van der Waals surface area (Å²) in [4.78, 5) is 14.0. The van der Waals surface area contributed by atoms with Crippen molar-refractivity contribution in [2.45, 2.75) is 6.54 Å². The molecule has 0 radical (unpaired) electrons. The van der Waals surface area contributed by atoms with Gasteiger partial charge in [0.2, 0.25) is 5.91 Å². The van der Waals surface area contributed by atoms with E-state index in [4.69, 9.17) is 0 Å². The van der Waals surface area contributed by atoms with E-state index in [0.29, 0.717) is 12.4 Å². The van der Waals surface area contributed by atoms with Gasteiger partial charge in [0.25, 0.3) is 0 Å². The van der Waals surface area contributed by atoms with Gasteiger partial charge in [0, 0.05) is 22.0 Å². The second-order valence-electron chi connectivity index (χ2n) is 5.81. The van der Waals surface area contributed by atoms with Crippen molar-refractivity contribution >= 4 is 29.0 Å². The summed E-state index contributed by atoms with van der Waals surface area (Å²) in [5, 5.41) is 10.9. The Bertz CT molecular complexity index is 1110. The summed E-state index contributed by atoms with van der Waals surface area (Å²) >= 11 is 1.54. The molecular weight excluding hydrogens is 363 g/mol. The number of nitrogens with zero attached hydrogens (tertiary/aromatic N) is 3. The summed E-state index contributed by atoms with van der Waals surface area (Å²) in [6, 6.07) is 15.9. The van der Waals surface area contributed by atoms with E-state index in [2.05, 4.69) is 15.5 Å². The summed E-state index contributed by atoms with van der Waals surface area (Å²) in [5.74, 6) is 0.203. The lowest BCUT2D eigenvalue weighted by Gasteiger charge is -2.00. The molecule has 0 saturated carbocycles. The van der Waals surface area contributed by atoms with Crippen molar-refractivity contribution in [3.8, 4) is 10.4 Å². The van der Waals surface area contributed by atoms with Gasteiger partial charge < -0.3 is 5.32 Å². The molecule has 3 aromatic heterocycles. The van der Waals surface area contributed by atoms with Crippen LogP contribution < -0.4 is 5.32 Å².